The van der Waals surface area contributed by atoms with Crippen molar-refractivity contribution in [3.63, 3.8) is 0 Å². The lowest BCUT2D eigenvalue weighted by molar-refractivity contribution is -0.145. The fourth-order valence-electron chi connectivity index (χ4n) is 1.43. The van der Waals surface area contributed by atoms with Crippen LogP contribution in [0.1, 0.15) is 24.2 Å². The second-order valence-electron chi connectivity index (χ2n) is 3.62. The van der Waals surface area contributed by atoms with Crippen LogP contribution in [-0.4, -0.2) is 36.9 Å². The van der Waals surface area contributed by atoms with Gasteiger partial charge in [-0.2, -0.15) is 0 Å². The number of hydrogen-bond donors (Lipinski definition) is 1. The van der Waals surface area contributed by atoms with E-state index in [0.29, 0.717) is 21.7 Å². The van der Waals surface area contributed by atoms with Crippen LogP contribution in [-0.2, 0) is 9.53 Å². The highest BCUT2D eigenvalue weighted by atomic mass is 127. The first kappa shape index (κ1) is 16.5. The number of benzene rings is 1. The molecule has 0 aliphatic heterocycles. The highest BCUT2D eigenvalue weighted by Gasteiger charge is 2.16. The lowest BCUT2D eigenvalue weighted by Gasteiger charge is -2.14. The van der Waals surface area contributed by atoms with Crippen LogP contribution in [0.4, 0.5) is 0 Å². The van der Waals surface area contributed by atoms with Gasteiger partial charge in [-0.15, -0.1) is 0 Å². The van der Waals surface area contributed by atoms with Crippen LogP contribution in [0.15, 0.2) is 12.1 Å². The number of carboxylic acids is 1. The molecule has 0 spiro atoms. The van der Waals surface area contributed by atoms with Gasteiger partial charge in [-0.25, -0.2) is 9.59 Å². The first-order chi connectivity index (χ1) is 9.49. The SMILES string of the molecule is CCOC(=O)COc1c(I)cc(C(=O)O)cc1OCC. The molecule has 7 heteroatoms. The zero-order chi connectivity index (χ0) is 15.1. The van der Waals surface area contributed by atoms with Gasteiger partial charge in [0.15, 0.2) is 18.1 Å². The summed E-state index contributed by atoms with van der Waals surface area (Å²) >= 11 is 1.93. The molecule has 0 aliphatic rings. The second-order valence-corrected chi connectivity index (χ2v) is 4.78. The summed E-state index contributed by atoms with van der Waals surface area (Å²) in [5.74, 6) is -0.916. The fraction of sp³-hybridized carbons (Fsp3) is 0.385. The molecular weight excluding hydrogens is 379 g/mol. The van der Waals surface area contributed by atoms with E-state index < -0.39 is 11.9 Å². The number of esters is 1. The van der Waals surface area contributed by atoms with Crippen molar-refractivity contribution in [1.82, 2.24) is 0 Å². The third-order valence-electron chi connectivity index (χ3n) is 2.20. The Morgan fingerprint density at radius 2 is 1.90 bits per heavy atom. The van der Waals surface area contributed by atoms with Crippen molar-refractivity contribution < 1.29 is 28.9 Å². The summed E-state index contributed by atoms with van der Waals surface area (Å²) in [5.41, 5.74) is 0.0985. The maximum absolute atomic E-state index is 11.3. The van der Waals surface area contributed by atoms with Crippen LogP contribution < -0.4 is 9.47 Å². The molecule has 0 aliphatic carbocycles. The molecule has 110 valence electrons. The molecule has 0 bridgehead atoms. The summed E-state index contributed by atoms with van der Waals surface area (Å²) in [5, 5.41) is 9.01. The van der Waals surface area contributed by atoms with Gasteiger partial charge < -0.3 is 19.3 Å². The number of carbonyl (C=O) groups is 2. The normalized spacial score (nSPS) is 9.95. The van der Waals surface area contributed by atoms with Crippen LogP contribution in [0.2, 0.25) is 0 Å². The molecular formula is C13H15IO6. The predicted octanol–water partition coefficient (Wildman–Crippen LogP) is 2.33. The van der Waals surface area contributed by atoms with E-state index in [2.05, 4.69) is 0 Å². The van der Waals surface area contributed by atoms with Crippen molar-refractivity contribution in [2.45, 2.75) is 13.8 Å². The van der Waals surface area contributed by atoms with Crippen molar-refractivity contribution in [1.29, 1.82) is 0 Å². The number of rotatable bonds is 7. The molecule has 20 heavy (non-hydrogen) atoms. The van der Waals surface area contributed by atoms with E-state index in [1.54, 1.807) is 13.8 Å². The Morgan fingerprint density at radius 1 is 1.20 bits per heavy atom. The van der Waals surface area contributed by atoms with E-state index in [0.717, 1.165) is 0 Å². The summed E-state index contributed by atoms with van der Waals surface area (Å²) in [7, 11) is 0. The molecule has 0 saturated heterocycles. The quantitative estimate of drug-likeness (QED) is 0.565. The first-order valence-corrected chi connectivity index (χ1v) is 7.05. The minimum Gasteiger partial charge on any atom is -0.490 e. The van der Waals surface area contributed by atoms with Gasteiger partial charge >= 0.3 is 11.9 Å². The molecule has 0 radical (unpaired) electrons. The Hall–Kier alpha value is -1.51. The third kappa shape index (κ3) is 4.55. The summed E-state index contributed by atoms with van der Waals surface area (Å²) in [6, 6.07) is 2.82. The third-order valence-corrected chi connectivity index (χ3v) is 3.00. The molecule has 1 N–H and O–H groups in total. The van der Waals surface area contributed by atoms with E-state index in [9.17, 15) is 9.59 Å². The number of carboxylic acid groups (broad SMARTS) is 1. The number of carbonyl (C=O) groups excluding carboxylic acids is 1. The Bertz CT molecular complexity index is 500. The number of ether oxygens (including phenoxy) is 3. The molecule has 1 rings (SSSR count). The van der Waals surface area contributed by atoms with E-state index in [4.69, 9.17) is 19.3 Å². The van der Waals surface area contributed by atoms with E-state index in [1.165, 1.54) is 12.1 Å². The summed E-state index contributed by atoms with van der Waals surface area (Å²) < 4.78 is 16.0. The number of halogens is 1. The number of aromatic carboxylic acids is 1. The Kier molecular flexibility index (Phi) is 6.56. The lowest BCUT2D eigenvalue weighted by Crippen LogP contribution is -2.16. The topological polar surface area (TPSA) is 82.1 Å². The average molecular weight is 394 g/mol. The standard InChI is InChI=1S/C13H15IO6/c1-3-18-10-6-8(13(16)17)5-9(14)12(10)20-7-11(15)19-4-2/h5-6H,3-4,7H2,1-2H3,(H,16,17). The van der Waals surface area contributed by atoms with Gasteiger partial charge in [0.05, 0.1) is 22.3 Å². The van der Waals surface area contributed by atoms with Gasteiger partial charge in [0.2, 0.25) is 0 Å². The van der Waals surface area contributed by atoms with Crippen LogP contribution in [0.5, 0.6) is 11.5 Å². The Morgan fingerprint density at radius 3 is 2.45 bits per heavy atom. The van der Waals surface area contributed by atoms with E-state index in [-0.39, 0.29) is 18.8 Å². The van der Waals surface area contributed by atoms with E-state index in [1.807, 2.05) is 22.6 Å². The molecule has 1 aromatic rings. The molecule has 0 saturated carbocycles. The van der Waals surface area contributed by atoms with Crippen LogP contribution in [0.25, 0.3) is 0 Å². The zero-order valence-electron chi connectivity index (χ0n) is 11.1. The summed E-state index contributed by atoms with van der Waals surface area (Å²) in [4.78, 5) is 22.3. The molecule has 0 fully saturated rings. The molecule has 0 atom stereocenters. The number of hydrogen-bond acceptors (Lipinski definition) is 5. The first-order valence-electron chi connectivity index (χ1n) is 5.97. The molecule has 0 amide bonds. The van der Waals surface area contributed by atoms with Crippen molar-refractivity contribution in [3.05, 3.63) is 21.3 Å². The van der Waals surface area contributed by atoms with Gasteiger partial charge in [0, 0.05) is 0 Å². The molecule has 6 nitrogen and oxygen atoms in total. The molecule has 0 aromatic heterocycles. The smallest absolute Gasteiger partial charge is 0.344 e. The summed E-state index contributed by atoms with van der Waals surface area (Å²) in [6.45, 7) is 3.85. The largest absolute Gasteiger partial charge is 0.490 e. The van der Waals surface area contributed by atoms with Crippen molar-refractivity contribution in [2.24, 2.45) is 0 Å². The highest BCUT2D eigenvalue weighted by Crippen LogP contribution is 2.34. The minimum absolute atomic E-state index is 0.0985. The second kappa shape index (κ2) is 7.93. The molecule has 0 unspecified atom stereocenters. The van der Waals surface area contributed by atoms with Gasteiger partial charge in [0.1, 0.15) is 0 Å². The van der Waals surface area contributed by atoms with Gasteiger partial charge in [-0.1, -0.05) is 0 Å². The Balaban J connectivity index is 2.98. The van der Waals surface area contributed by atoms with Gasteiger partial charge in [0.25, 0.3) is 0 Å². The van der Waals surface area contributed by atoms with Crippen LogP contribution in [0.3, 0.4) is 0 Å². The minimum atomic E-state index is -1.05. The highest BCUT2D eigenvalue weighted by molar-refractivity contribution is 14.1. The summed E-state index contributed by atoms with van der Waals surface area (Å²) in [6.07, 6.45) is 0. The van der Waals surface area contributed by atoms with Crippen molar-refractivity contribution in [3.8, 4) is 11.5 Å². The lowest BCUT2D eigenvalue weighted by atomic mass is 10.2. The van der Waals surface area contributed by atoms with E-state index >= 15 is 0 Å². The average Bonchev–Trinajstić information content (AvgIpc) is 2.38. The maximum Gasteiger partial charge on any atom is 0.344 e. The monoisotopic (exact) mass is 394 g/mol. The maximum atomic E-state index is 11.3. The predicted molar refractivity (Wildman–Crippen MR) is 79.4 cm³/mol. The molecule has 1 aromatic carbocycles. The fourth-order valence-corrected chi connectivity index (χ4v) is 2.19. The van der Waals surface area contributed by atoms with Crippen molar-refractivity contribution >= 4 is 34.5 Å². The zero-order valence-corrected chi connectivity index (χ0v) is 13.3. The van der Waals surface area contributed by atoms with Crippen LogP contribution >= 0.6 is 22.6 Å². The molecule has 0 heterocycles. The van der Waals surface area contributed by atoms with Crippen LogP contribution in [0, 0.1) is 3.57 Å². The van der Waals surface area contributed by atoms with Crippen molar-refractivity contribution in [2.75, 3.05) is 19.8 Å². The Labute approximate surface area is 130 Å². The van der Waals surface area contributed by atoms with Gasteiger partial charge in [-0.05, 0) is 48.6 Å². The van der Waals surface area contributed by atoms with Gasteiger partial charge in [-0.3, -0.25) is 0 Å².